The Bertz CT molecular complexity index is 704. The van der Waals surface area contributed by atoms with Crippen LogP contribution in [-0.4, -0.2) is 21.9 Å². The van der Waals surface area contributed by atoms with Crippen molar-refractivity contribution in [1.82, 2.24) is 14.8 Å². The van der Waals surface area contributed by atoms with Crippen LogP contribution < -0.4 is 10.5 Å². The smallest absolute Gasteiger partial charge is 0.127 e. The second-order valence-corrected chi connectivity index (χ2v) is 4.30. The van der Waals surface area contributed by atoms with E-state index in [1.54, 1.807) is 24.2 Å². The van der Waals surface area contributed by atoms with E-state index in [2.05, 4.69) is 10.1 Å². The van der Waals surface area contributed by atoms with Crippen molar-refractivity contribution in [2.45, 2.75) is 0 Å². The lowest BCUT2D eigenvalue weighted by atomic mass is 10.1. The van der Waals surface area contributed by atoms with Gasteiger partial charge in [0.25, 0.3) is 0 Å². The van der Waals surface area contributed by atoms with E-state index in [9.17, 15) is 0 Å². The normalized spacial score (nSPS) is 10.4. The summed E-state index contributed by atoms with van der Waals surface area (Å²) < 4.78 is 6.84. The maximum Gasteiger partial charge on any atom is 0.127 e. The molecule has 2 heterocycles. The largest absolute Gasteiger partial charge is 0.497 e. The number of pyridine rings is 1. The maximum absolute atomic E-state index is 6.02. The number of anilines is 1. The summed E-state index contributed by atoms with van der Waals surface area (Å²) in [4.78, 5) is 3.99. The van der Waals surface area contributed by atoms with Gasteiger partial charge in [0.15, 0.2) is 0 Å². The molecule has 0 saturated heterocycles. The van der Waals surface area contributed by atoms with Crippen molar-refractivity contribution in [2.75, 3.05) is 12.8 Å². The maximum atomic E-state index is 6.02. The Morgan fingerprint density at radius 2 is 1.75 bits per heavy atom. The van der Waals surface area contributed by atoms with Crippen LogP contribution in [0.2, 0.25) is 0 Å². The highest BCUT2D eigenvalue weighted by Gasteiger charge is 2.08. The third-order valence-electron chi connectivity index (χ3n) is 3.03. The lowest BCUT2D eigenvalue weighted by molar-refractivity contribution is 0.415. The van der Waals surface area contributed by atoms with Crippen LogP contribution in [-0.2, 0) is 0 Å². The standard InChI is InChI=1S/C15H14N4O/c1-20-13-4-2-11(3-5-13)14-10-15(16)19(18-14)12-6-8-17-9-7-12/h2-10H,16H2,1H3. The zero-order valence-corrected chi connectivity index (χ0v) is 11.0. The molecule has 1 aromatic carbocycles. The summed E-state index contributed by atoms with van der Waals surface area (Å²) in [5, 5.41) is 4.53. The monoisotopic (exact) mass is 266 g/mol. The van der Waals surface area contributed by atoms with Gasteiger partial charge in [-0.3, -0.25) is 4.98 Å². The molecule has 3 aromatic rings. The minimum Gasteiger partial charge on any atom is -0.497 e. The van der Waals surface area contributed by atoms with Crippen LogP contribution in [0.4, 0.5) is 5.82 Å². The highest BCUT2D eigenvalue weighted by atomic mass is 16.5. The van der Waals surface area contributed by atoms with Gasteiger partial charge in [0.1, 0.15) is 11.6 Å². The van der Waals surface area contributed by atoms with E-state index in [0.29, 0.717) is 5.82 Å². The topological polar surface area (TPSA) is 66.0 Å². The fourth-order valence-corrected chi connectivity index (χ4v) is 1.99. The average molecular weight is 266 g/mol. The van der Waals surface area contributed by atoms with E-state index < -0.39 is 0 Å². The second kappa shape index (κ2) is 5.05. The summed E-state index contributed by atoms with van der Waals surface area (Å²) >= 11 is 0. The zero-order valence-electron chi connectivity index (χ0n) is 11.0. The number of rotatable bonds is 3. The lowest BCUT2D eigenvalue weighted by Gasteiger charge is -2.02. The molecule has 3 rings (SSSR count). The summed E-state index contributed by atoms with van der Waals surface area (Å²) in [5.74, 6) is 1.40. The van der Waals surface area contributed by atoms with E-state index in [1.165, 1.54) is 0 Å². The quantitative estimate of drug-likeness (QED) is 0.791. The summed E-state index contributed by atoms with van der Waals surface area (Å²) in [5.41, 5.74) is 8.72. The molecule has 2 N–H and O–H groups in total. The SMILES string of the molecule is COc1ccc(-c2cc(N)n(-c3ccncc3)n2)cc1. The predicted octanol–water partition coefficient (Wildman–Crippen LogP) is 2.53. The van der Waals surface area contributed by atoms with E-state index >= 15 is 0 Å². The first-order valence-corrected chi connectivity index (χ1v) is 6.18. The van der Waals surface area contributed by atoms with Gasteiger partial charge in [-0.1, -0.05) is 0 Å². The molecule has 0 atom stereocenters. The Hall–Kier alpha value is -2.82. The first-order valence-electron chi connectivity index (χ1n) is 6.18. The number of hydrogen-bond donors (Lipinski definition) is 1. The number of ether oxygens (including phenoxy) is 1. The third kappa shape index (κ3) is 2.21. The third-order valence-corrected chi connectivity index (χ3v) is 3.03. The Morgan fingerprint density at radius 1 is 1.05 bits per heavy atom. The molecule has 0 radical (unpaired) electrons. The first-order chi connectivity index (χ1) is 9.78. The number of nitrogens with zero attached hydrogens (tertiary/aromatic N) is 3. The minimum atomic E-state index is 0.585. The zero-order chi connectivity index (χ0) is 13.9. The van der Waals surface area contributed by atoms with E-state index in [0.717, 1.165) is 22.7 Å². The Labute approximate surface area is 116 Å². The number of aromatic nitrogens is 3. The molecule has 5 heteroatoms. The molecule has 0 fully saturated rings. The van der Waals surface area contributed by atoms with Gasteiger partial charge in [0.2, 0.25) is 0 Å². The molecule has 20 heavy (non-hydrogen) atoms. The molecule has 0 unspecified atom stereocenters. The molecule has 100 valence electrons. The number of nitrogens with two attached hydrogens (primary N) is 1. The van der Waals surface area contributed by atoms with Crippen molar-refractivity contribution in [3.05, 3.63) is 54.9 Å². The molecule has 0 aliphatic carbocycles. The Morgan fingerprint density at radius 3 is 2.40 bits per heavy atom. The van der Waals surface area contributed by atoms with Gasteiger partial charge in [-0.2, -0.15) is 5.10 Å². The number of hydrogen-bond acceptors (Lipinski definition) is 4. The van der Waals surface area contributed by atoms with E-state index in [1.807, 2.05) is 42.5 Å². The van der Waals surface area contributed by atoms with Crippen LogP contribution in [0.5, 0.6) is 5.75 Å². The predicted molar refractivity (Wildman–Crippen MR) is 77.8 cm³/mol. The summed E-state index contributed by atoms with van der Waals surface area (Å²) in [6.45, 7) is 0. The van der Waals surface area contributed by atoms with Crippen LogP contribution in [0.15, 0.2) is 54.9 Å². The fourth-order valence-electron chi connectivity index (χ4n) is 1.99. The average Bonchev–Trinajstić information content (AvgIpc) is 2.90. The molecule has 0 aliphatic heterocycles. The molecule has 5 nitrogen and oxygen atoms in total. The van der Waals surface area contributed by atoms with Crippen molar-refractivity contribution in [3.8, 4) is 22.7 Å². The Balaban J connectivity index is 2.00. The molecule has 2 aromatic heterocycles. The minimum absolute atomic E-state index is 0.585. The molecule has 0 saturated carbocycles. The van der Waals surface area contributed by atoms with Gasteiger partial charge in [-0.15, -0.1) is 0 Å². The number of nitrogen functional groups attached to an aromatic ring is 1. The fraction of sp³-hybridized carbons (Fsp3) is 0.0667. The van der Waals surface area contributed by atoms with Crippen LogP contribution in [0.25, 0.3) is 16.9 Å². The highest BCUT2D eigenvalue weighted by molar-refractivity contribution is 5.64. The molecular formula is C15H14N4O. The van der Waals surface area contributed by atoms with Gasteiger partial charge < -0.3 is 10.5 Å². The molecule has 0 spiro atoms. The van der Waals surface area contributed by atoms with Crippen molar-refractivity contribution < 1.29 is 4.74 Å². The van der Waals surface area contributed by atoms with Crippen LogP contribution in [0, 0.1) is 0 Å². The Kier molecular flexibility index (Phi) is 3.09. The molecule has 0 aliphatic rings. The second-order valence-electron chi connectivity index (χ2n) is 4.30. The number of benzene rings is 1. The van der Waals surface area contributed by atoms with Crippen molar-refractivity contribution in [1.29, 1.82) is 0 Å². The summed E-state index contributed by atoms with van der Waals surface area (Å²) in [7, 11) is 1.64. The van der Waals surface area contributed by atoms with Crippen LogP contribution >= 0.6 is 0 Å². The molecular weight excluding hydrogens is 252 g/mol. The molecule has 0 amide bonds. The van der Waals surface area contributed by atoms with Crippen molar-refractivity contribution >= 4 is 5.82 Å². The van der Waals surface area contributed by atoms with Gasteiger partial charge in [0.05, 0.1) is 18.5 Å². The first kappa shape index (κ1) is 12.2. The molecule has 0 bridgehead atoms. The van der Waals surface area contributed by atoms with Gasteiger partial charge in [-0.05, 0) is 36.4 Å². The summed E-state index contributed by atoms with van der Waals surface area (Å²) in [6, 6.07) is 13.3. The van der Waals surface area contributed by atoms with Gasteiger partial charge >= 0.3 is 0 Å². The van der Waals surface area contributed by atoms with Crippen molar-refractivity contribution in [3.63, 3.8) is 0 Å². The van der Waals surface area contributed by atoms with Crippen LogP contribution in [0.1, 0.15) is 0 Å². The van der Waals surface area contributed by atoms with Crippen LogP contribution in [0.3, 0.4) is 0 Å². The van der Waals surface area contributed by atoms with E-state index in [-0.39, 0.29) is 0 Å². The lowest BCUT2D eigenvalue weighted by Crippen LogP contribution is -2.01. The highest BCUT2D eigenvalue weighted by Crippen LogP contribution is 2.24. The van der Waals surface area contributed by atoms with E-state index in [4.69, 9.17) is 10.5 Å². The summed E-state index contributed by atoms with van der Waals surface area (Å²) in [6.07, 6.45) is 3.42. The van der Waals surface area contributed by atoms with Gasteiger partial charge in [-0.25, -0.2) is 4.68 Å². The number of methoxy groups -OCH3 is 1. The van der Waals surface area contributed by atoms with Crippen molar-refractivity contribution in [2.24, 2.45) is 0 Å². The van der Waals surface area contributed by atoms with Gasteiger partial charge in [0, 0.05) is 24.0 Å².